The van der Waals surface area contributed by atoms with Crippen molar-refractivity contribution in [2.45, 2.75) is 50.7 Å². The molecule has 0 bridgehead atoms. The van der Waals surface area contributed by atoms with Crippen LogP contribution >= 0.6 is 0 Å². The van der Waals surface area contributed by atoms with E-state index < -0.39 is 5.97 Å². The lowest BCUT2D eigenvalue weighted by atomic mass is 9.89. The monoisotopic (exact) mass is 347 g/mol. The second-order valence-electron chi connectivity index (χ2n) is 7.16. The number of hydrogen-bond acceptors (Lipinski definition) is 4. The van der Waals surface area contributed by atoms with Crippen molar-refractivity contribution in [1.82, 2.24) is 4.90 Å². The highest BCUT2D eigenvalue weighted by atomic mass is 16.5. The summed E-state index contributed by atoms with van der Waals surface area (Å²) in [5.74, 6) is -0.169. The highest BCUT2D eigenvalue weighted by Gasteiger charge is 2.41. The predicted molar refractivity (Wildman–Crippen MR) is 96.1 cm³/mol. The first-order chi connectivity index (χ1) is 12.1. The van der Waals surface area contributed by atoms with E-state index in [1.165, 1.54) is 0 Å². The molecule has 1 aromatic carbocycles. The summed E-state index contributed by atoms with van der Waals surface area (Å²) in [7, 11) is 1.64. The van der Waals surface area contributed by atoms with E-state index in [-0.39, 0.29) is 11.8 Å². The molecule has 1 heterocycles. The van der Waals surface area contributed by atoms with Crippen LogP contribution in [0.15, 0.2) is 24.3 Å². The normalized spacial score (nSPS) is 30.3. The van der Waals surface area contributed by atoms with Crippen LogP contribution in [0.1, 0.15) is 44.1 Å². The van der Waals surface area contributed by atoms with Gasteiger partial charge >= 0.3 is 5.97 Å². The number of benzene rings is 1. The van der Waals surface area contributed by atoms with Crippen molar-refractivity contribution in [2.24, 2.45) is 5.92 Å². The number of rotatable bonds is 6. The molecule has 2 aliphatic rings. The zero-order chi connectivity index (χ0) is 17.8. The average Bonchev–Trinajstić information content (AvgIpc) is 3.08. The van der Waals surface area contributed by atoms with Crippen LogP contribution in [0.4, 0.5) is 0 Å². The SMILES string of the molecule is CCOC1CCC(N2CC(C(=O)O)[C@H](c3ccc(OC)cc3)C2)CC1. The third kappa shape index (κ3) is 4.15. The van der Waals surface area contributed by atoms with Gasteiger partial charge in [-0.15, -0.1) is 0 Å². The first kappa shape index (κ1) is 18.2. The largest absolute Gasteiger partial charge is 0.497 e. The van der Waals surface area contributed by atoms with Gasteiger partial charge in [-0.3, -0.25) is 9.69 Å². The summed E-state index contributed by atoms with van der Waals surface area (Å²) in [6.07, 6.45) is 4.76. The zero-order valence-corrected chi connectivity index (χ0v) is 15.2. The van der Waals surface area contributed by atoms with Crippen molar-refractivity contribution in [2.75, 3.05) is 26.8 Å². The Morgan fingerprint density at radius 3 is 2.40 bits per heavy atom. The lowest BCUT2D eigenvalue weighted by Crippen LogP contribution is -2.38. The van der Waals surface area contributed by atoms with Crippen molar-refractivity contribution < 1.29 is 19.4 Å². The summed E-state index contributed by atoms with van der Waals surface area (Å²) >= 11 is 0. The summed E-state index contributed by atoms with van der Waals surface area (Å²) in [5, 5.41) is 9.70. The molecule has 0 aromatic heterocycles. The molecule has 1 aliphatic heterocycles. The van der Waals surface area contributed by atoms with Gasteiger partial charge in [0.2, 0.25) is 0 Å². The quantitative estimate of drug-likeness (QED) is 0.857. The van der Waals surface area contributed by atoms with Crippen LogP contribution in [0.3, 0.4) is 0 Å². The maximum Gasteiger partial charge on any atom is 0.308 e. The van der Waals surface area contributed by atoms with Gasteiger partial charge in [0.15, 0.2) is 0 Å². The molecule has 2 atom stereocenters. The van der Waals surface area contributed by atoms with Crippen LogP contribution in [-0.2, 0) is 9.53 Å². The third-order valence-electron chi connectivity index (χ3n) is 5.77. The third-order valence-corrected chi connectivity index (χ3v) is 5.77. The highest BCUT2D eigenvalue weighted by molar-refractivity contribution is 5.72. The fourth-order valence-corrected chi connectivity index (χ4v) is 4.38. The fraction of sp³-hybridized carbons (Fsp3) is 0.650. The van der Waals surface area contributed by atoms with E-state index in [1.807, 2.05) is 31.2 Å². The van der Waals surface area contributed by atoms with E-state index in [4.69, 9.17) is 9.47 Å². The van der Waals surface area contributed by atoms with E-state index in [1.54, 1.807) is 7.11 Å². The molecular weight excluding hydrogens is 318 g/mol. The molecule has 5 heteroatoms. The molecule has 5 nitrogen and oxygen atoms in total. The molecule has 2 fully saturated rings. The standard InChI is InChI=1S/C20H29NO4/c1-3-25-17-10-6-15(7-11-17)21-12-18(19(13-21)20(22)23)14-4-8-16(24-2)9-5-14/h4-5,8-9,15,17-19H,3,6-7,10-13H2,1-2H3,(H,22,23)/t15?,17?,18-,19?/m0/s1. The van der Waals surface area contributed by atoms with E-state index in [2.05, 4.69) is 4.90 Å². The van der Waals surface area contributed by atoms with Gasteiger partial charge in [0.1, 0.15) is 5.75 Å². The molecule has 1 saturated heterocycles. The molecule has 3 rings (SSSR count). The summed E-state index contributed by atoms with van der Waals surface area (Å²) in [6.45, 7) is 4.30. The van der Waals surface area contributed by atoms with Gasteiger partial charge in [0, 0.05) is 31.7 Å². The maximum absolute atomic E-state index is 11.8. The van der Waals surface area contributed by atoms with Crippen LogP contribution in [0.2, 0.25) is 0 Å². The molecule has 0 amide bonds. The first-order valence-electron chi connectivity index (χ1n) is 9.34. The molecule has 25 heavy (non-hydrogen) atoms. The number of aliphatic carboxylic acids is 1. The van der Waals surface area contributed by atoms with E-state index in [0.717, 1.165) is 50.1 Å². The van der Waals surface area contributed by atoms with Crippen molar-refractivity contribution >= 4 is 5.97 Å². The predicted octanol–water partition coefficient (Wildman–Crippen LogP) is 3.14. The minimum absolute atomic E-state index is 0.0491. The van der Waals surface area contributed by atoms with Crippen LogP contribution in [0.25, 0.3) is 0 Å². The van der Waals surface area contributed by atoms with Crippen LogP contribution < -0.4 is 4.74 Å². The van der Waals surface area contributed by atoms with Gasteiger partial charge in [-0.1, -0.05) is 12.1 Å². The number of likely N-dealkylation sites (tertiary alicyclic amines) is 1. The Kier molecular flexibility index (Phi) is 5.97. The van der Waals surface area contributed by atoms with Gasteiger partial charge in [0.05, 0.1) is 19.1 Å². The average molecular weight is 347 g/mol. The summed E-state index contributed by atoms with van der Waals surface area (Å²) in [6, 6.07) is 8.35. The smallest absolute Gasteiger partial charge is 0.308 e. The Bertz CT molecular complexity index is 566. The van der Waals surface area contributed by atoms with Crippen molar-refractivity contribution in [3.63, 3.8) is 0 Å². The summed E-state index contributed by atoms with van der Waals surface area (Å²) < 4.78 is 11.0. The van der Waals surface area contributed by atoms with Crippen LogP contribution in [0.5, 0.6) is 5.75 Å². The fourth-order valence-electron chi connectivity index (χ4n) is 4.38. The zero-order valence-electron chi connectivity index (χ0n) is 15.2. The summed E-state index contributed by atoms with van der Waals surface area (Å²) in [5.41, 5.74) is 1.10. The van der Waals surface area contributed by atoms with Crippen LogP contribution in [0, 0.1) is 5.92 Å². The molecule has 1 aliphatic carbocycles. The van der Waals surface area contributed by atoms with Crippen molar-refractivity contribution in [3.8, 4) is 5.75 Å². The Morgan fingerprint density at radius 1 is 1.16 bits per heavy atom. The lowest BCUT2D eigenvalue weighted by Gasteiger charge is -2.34. The van der Waals surface area contributed by atoms with Gasteiger partial charge in [0.25, 0.3) is 0 Å². The minimum atomic E-state index is -0.689. The van der Waals surface area contributed by atoms with Crippen molar-refractivity contribution in [3.05, 3.63) is 29.8 Å². The topological polar surface area (TPSA) is 59.0 Å². The highest BCUT2D eigenvalue weighted by Crippen LogP contribution is 2.37. The Labute approximate surface area is 149 Å². The second-order valence-corrected chi connectivity index (χ2v) is 7.16. The number of hydrogen-bond donors (Lipinski definition) is 1. The lowest BCUT2D eigenvalue weighted by molar-refractivity contribution is -0.141. The molecular formula is C20H29NO4. The molecule has 0 radical (unpaired) electrons. The number of carboxylic acid groups (broad SMARTS) is 1. The molecule has 1 N–H and O–H groups in total. The first-order valence-corrected chi connectivity index (χ1v) is 9.34. The molecule has 0 spiro atoms. The second kappa shape index (κ2) is 8.19. The van der Waals surface area contributed by atoms with Gasteiger partial charge < -0.3 is 14.6 Å². The Hall–Kier alpha value is -1.59. The number of carboxylic acids is 1. The number of methoxy groups -OCH3 is 1. The minimum Gasteiger partial charge on any atom is -0.497 e. The molecule has 1 unspecified atom stereocenters. The Morgan fingerprint density at radius 2 is 1.84 bits per heavy atom. The van der Waals surface area contributed by atoms with Gasteiger partial charge in [-0.05, 0) is 50.3 Å². The number of nitrogens with zero attached hydrogens (tertiary/aromatic N) is 1. The summed E-state index contributed by atoms with van der Waals surface area (Å²) in [4.78, 5) is 14.2. The van der Waals surface area contributed by atoms with Crippen LogP contribution in [-0.4, -0.2) is 54.9 Å². The van der Waals surface area contributed by atoms with E-state index in [0.29, 0.717) is 18.7 Å². The van der Waals surface area contributed by atoms with Gasteiger partial charge in [-0.2, -0.15) is 0 Å². The Balaban J connectivity index is 1.67. The number of carbonyl (C=O) groups is 1. The van der Waals surface area contributed by atoms with E-state index in [9.17, 15) is 9.90 Å². The molecule has 1 aromatic rings. The van der Waals surface area contributed by atoms with Crippen molar-refractivity contribution in [1.29, 1.82) is 0 Å². The van der Waals surface area contributed by atoms with Gasteiger partial charge in [-0.25, -0.2) is 0 Å². The van der Waals surface area contributed by atoms with E-state index >= 15 is 0 Å². The number of ether oxygens (including phenoxy) is 2. The molecule has 138 valence electrons. The maximum atomic E-state index is 11.8. The molecule has 1 saturated carbocycles.